The third kappa shape index (κ3) is 3.00. The van der Waals surface area contributed by atoms with Crippen LogP contribution in [0.2, 0.25) is 0 Å². The van der Waals surface area contributed by atoms with Crippen molar-refractivity contribution in [2.45, 2.75) is 18.9 Å². The number of aromatic carboxylic acids is 1. The molecule has 0 aliphatic carbocycles. The van der Waals surface area contributed by atoms with Crippen molar-refractivity contribution in [1.82, 2.24) is 0 Å². The van der Waals surface area contributed by atoms with Crippen LogP contribution < -0.4 is 4.74 Å². The van der Waals surface area contributed by atoms with Crippen LogP contribution in [-0.2, 0) is 12.0 Å². The minimum atomic E-state index is -1.28. The van der Waals surface area contributed by atoms with Crippen LogP contribution in [0.15, 0.2) is 40.8 Å². The molecule has 2 aromatic rings. The zero-order valence-corrected chi connectivity index (χ0v) is 11.3. The number of carboxylic acid groups (broad SMARTS) is 1. The Morgan fingerprint density at radius 2 is 1.90 bits per heavy atom. The number of aliphatic hydroxyl groups is 1. The number of furan rings is 1. The third-order valence-corrected chi connectivity index (χ3v) is 3.06. The lowest BCUT2D eigenvalue weighted by molar-refractivity contribution is 0.0317. The van der Waals surface area contributed by atoms with E-state index in [1.807, 2.05) is 12.1 Å². The lowest BCUT2D eigenvalue weighted by Gasteiger charge is -2.20. The molecule has 20 heavy (non-hydrogen) atoms. The molecule has 1 aromatic carbocycles. The number of carbonyl (C=O) groups is 1. The van der Waals surface area contributed by atoms with Gasteiger partial charge in [0.15, 0.2) is 0 Å². The fraction of sp³-hybridized carbons (Fsp3) is 0.267. The van der Waals surface area contributed by atoms with E-state index in [0.717, 1.165) is 11.3 Å². The van der Waals surface area contributed by atoms with Crippen molar-refractivity contribution in [3.05, 3.63) is 53.5 Å². The molecule has 0 bridgehead atoms. The number of hydrogen-bond acceptors (Lipinski definition) is 4. The number of methoxy groups -OCH3 is 1. The molecule has 1 atom stereocenters. The van der Waals surface area contributed by atoms with Crippen molar-refractivity contribution in [3.63, 3.8) is 0 Å². The summed E-state index contributed by atoms with van der Waals surface area (Å²) in [5, 5.41) is 19.3. The quantitative estimate of drug-likeness (QED) is 0.876. The molecule has 0 fully saturated rings. The Morgan fingerprint density at radius 3 is 2.40 bits per heavy atom. The van der Waals surface area contributed by atoms with E-state index in [0.29, 0.717) is 6.42 Å². The van der Waals surface area contributed by atoms with Crippen LogP contribution in [-0.4, -0.2) is 23.3 Å². The average Bonchev–Trinajstić information content (AvgIpc) is 2.90. The fourth-order valence-corrected chi connectivity index (χ4v) is 1.97. The van der Waals surface area contributed by atoms with Crippen LogP contribution in [0.4, 0.5) is 0 Å². The lowest BCUT2D eigenvalue weighted by atomic mass is 9.94. The molecule has 0 saturated carbocycles. The Morgan fingerprint density at radius 1 is 1.25 bits per heavy atom. The van der Waals surface area contributed by atoms with Gasteiger partial charge < -0.3 is 19.4 Å². The van der Waals surface area contributed by atoms with E-state index < -0.39 is 11.6 Å². The molecule has 106 valence electrons. The molecule has 1 heterocycles. The second-order valence-corrected chi connectivity index (χ2v) is 4.77. The van der Waals surface area contributed by atoms with Crippen LogP contribution in [0.3, 0.4) is 0 Å². The highest BCUT2D eigenvalue weighted by Gasteiger charge is 2.28. The first-order valence-corrected chi connectivity index (χ1v) is 6.11. The second kappa shape index (κ2) is 5.38. The van der Waals surface area contributed by atoms with Gasteiger partial charge in [0.1, 0.15) is 17.1 Å². The maximum absolute atomic E-state index is 10.8. The minimum absolute atomic E-state index is 0.185. The van der Waals surface area contributed by atoms with Crippen molar-refractivity contribution >= 4 is 5.97 Å². The molecule has 0 spiro atoms. The van der Waals surface area contributed by atoms with E-state index in [4.69, 9.17) is 14.3 Å². The molecule has 1 unspecified atom stereocenters. The van der Waals surface area contributed by atoms with Gasteiger partial charge in [-0.05, 0) is 36.8 Å². The van der Waals surface area contributed by atoms with Gasteiger partial charge in [0.25, 0.3) is 0 Å². The van der Waals surface area contributed by atoms with Crippen molar-refractivity contribution in [3.8, 4) is 5.75 Å². The van der Waals surface area contributed by atoms with Crippen LogP contribution in [0.5, 0.6) is 5.75 Å². The minimum Gasteiger partial charge on any atom is -0.497 e. The SMILES string of the molecule is COc1ccc(CC(C)(O)c2ccc(C(=O)O)o2)cc1. The van der Waals surface area contributed by atoms with E-state index >= 15 is 0 Å². The molecule has 5 heteroatoms. The first-order chi connectivity index (χ1) is 9.42. The van der Waals surface area contributed by atoms with Crippen LogP contribution in [0.25, 0.3) is 0 Å². The van der Waals surface area contributed by atoms with Gasteiger partial charge in [-0.15, -0.1) is 0 Å². The predicted molar refractivity (Wildman–Crippen MR) is 71.9 cm³/mol. The summed E-state index contributed by atoms with van der Waals surface area (Å²) in [6.45, 7) is 1.59. The summed E-state index contributed by atoms with van der Waals surface area (Å²) >= 11 is 0. The number of benzene rings is 1. The molecule has 1 aromatic heterocycles. The van der Waals surface area contributed by atoms with Crippen LogP contribution in [0.1, 0.15) is 28.8 Å². The largest absolute Gasteiger partial charge is 0.497 e. The maximum Gasteiger partial charge on any atom is 0.371 e. The number of carboxylic acids is 1. The predicted octanol–water partition coefficient (Wildman–Crippen LogP) is 2.44. The van der Waals surface area contributed by atoms with Gasteiger partial charge in [-0.2, -0.15) is 0 Å². The molecular formula is C15H16O5. The highest BCUT2D eigenvalue weighted by molar-refractivity contribution is 5.84. The van der Waals surface area contributed by atoms with Gasteiger partial charge >= 0.3 is 5.97 Å². The Kier molecular flexibility index (Phi) is 3.81. The molecule has 0 saturated heterocycles. The summed E-state index contributed by atoms with van der Waals surface area (Å²) in [5.41, 5.74) is -0.383. The summed E-state index contributed by atoms with van der Waals surface area (Å²) in [6.07, 6.45) is 0.309. The number of ether oxygens (including phenoxy) is 1. The standard InChI is InChI=1S/C15H16O5/c1-15(18,13-8-7-12(20-13)14(16)17)9-10-3-5-11(19-2)6-4-10/h3-8,18H,9H2,1-2H3,(H,16,17). The molecule has 0 aliphatic heterocycles. The summed E-state index contributed by atoms with van der Waals surface area (Å²) < 4.78 is 10.2. The molecule has 2 rings (SSSR count). The Hall–Kier alpha value is -2.27. The highest BCUT2D eigenvalue weighted by atomic mass is 16.5. The molecule has 0 amide bonds. The van der Waals surface area contributed by atoms with Crippen molar-refractivity contribution in [1.29, 1.82) is 0 Å². The van der Waals surface area contributed by atoms with E-state index in [2.05, 4.69) is 0 Å². The Balaban J connectivity index is 2.18. The highest BCUT2D eigenvalue weighted by Crippen LogP contribution is 2.27. The van der Waals surface area contributed by atoms with Gasteiger partial charge in [0.05, 0.1) is 7.11 Å². The number of rotatable bonds is 5. The molecule has 2 N–H and O–H groups in total. The summed E-state index contributed by atoms with van der Waals surface area (Å²) in [5.74, 6) is -0.378. The second-order valence-electron chi connectivity index (χ2n) is 4.77. The average molecular weight is 276 g/mol. The van der Waals surface area contributed by atoms with Crippen molar-refractivity contribution in [2.24, 2.45) is 0 Å². The Labute approximate surface area is 116 Å². The topological polar surface area (TPSA) is 79.9 Å². The van der Waals surface area contributed by atoms with Crippen LogP contribution in [0, 0.1) is 0 Å². The van der Waals surface area contributed by atoms with Gasteiger partial charge in [-0.25, -0.2) is 4.79 Å². The molecular weight excluding hydrogens is 260 g/mol. The first kappa shape index (κ1) is 14.1. The maximum atomic E-state index is 10.8. The van der Waals surface area contributed by atoms with Gasteiger partial charge in [-0.1, -0.05) is 12.1 Å². The summed E-state index contributed by atoms with van der Waals surface area (Å²) in [7, 11) is 1.58. The molecule has 5 nitrogen and oxygen atoms in total. The normalized spacial score (nSPS) is 13.8. The smallest absolute Gasteiger partial charge is 0.371 e. The van der Waals surface area contributed by atoms with Gasteiger partial charge in [0, 0.05) is 6.42 Å². The Bertz CT molecular complexity index is 595. The van der Waals surface area contributed by atoms with Crippen LogP contribution >= 0.6 is 0 Å². The zero-order chi connectivity index (χ0) is 14.8. The van der Waals surface area contributed by atoms with E-state index in [1.165, 1.54) is 12.1 Å². The lowest BCUT2D eigenvalue weighted by Crippen LogP contribution is -2.23. The van der Waals surface area contributed by atoms with Crippen molar-refractivity contribution in [2.75, 3.05) is 7.11 Å². The monoisotopic (exact) mass is 276 g/mol. The van der Waals surface area contributed by atoms with E-state index in [9.17, 15) is 9.90 Å². The summed E-state index contributed by atoms with van der Waals surface area (Å²) in [4.78, 5) is 10.8. The van der Waals surface area contributed by atoms with Gasteiger partial charge in [-0.3, -0.25) is 0 Å². The molecule has 0 aliphatic rings. The van der Waals surface area contributed by atoms with Crippen molar-refractivity contribution < 1.29 is 24.2 Å². The fourth-order valence-electron chi connectivity index (χ4n) is 1.97. The first-order valence-electron chi connectivity index (χ1n) is 6.11. The third-order valence-electron chi connectivity index (χ3n) is 3.06. The summed E-state index contributed by atoms with van der Waals surface area (Å²) in [6, 6.07) is 10.1. The van der Waals surface area contributed by atoms with E-state index in [-0.39, 0.29) is 11.5 Å². The van der Waals surface area contributed by atoms with Gasteiger partial charge in [0.2, 0.25) is 5.76 Å². The van der Waals surface area contributed by atoms with E-state index in [1.54, 1.807) is 26.2 Å². The number of hydrogen-bond donors (Lipinski definition) is 2. The molecule has 0 radical (unpaired) electrons. The zero-order valence-electron chi connectivity index (χ0n) is 11.3.